The standard InChI is InChI=1S/C13H22N2S/c1-2-10-4-3-5-11(8-10)12(14)9-13-15-6-7-16-13/h6-7,10-12H,2-5,8-9,14H2,1H3. The molecule has 3 heteroatoms. The van der Waals surface area contributed by atoms with Gasteiger partial charge in [-0.25, -0.2) is 4.98 Å². The number of nitrogens with two attached hydrogens (primary N) is 1. The van der Waals surface area contributed by atoms with Crippen LogP contribution in [-0.4, -0.2) is 11.0 Å². The smallest absolute Gasteiger partial charge is 0.0940 e. The Morgan fingerprint density at radius 1 is 1.56 bits per heavy atom. The van der Waals surface area contributed by atoms with Crippen molar-refractivity contribution < 1.29 is 0 Å². The zero-order chi connectivity index (χ0) is 11.4. The van der Waals surface area contributed by atoms with Gasteiger partial charge in [0.1, 0.15) is 0 Å². The highest BCUT2D eigenvalue weighted by atomic mass is 32.1. The fraction of sp³-hybridized carbons (Fsp3) is 0.769. The van der Waals surface area contributed by atoms with E-state index in [1.165, 1.54) is 37.1 Å². The number of hydrogen-bond donors (Lipinski definition) is 1. The van der Waals surface area contributed by atoms with E-state index < -0.39 is 0 Å². The average Bonchev–Trinajstić information content (AvgIpc) is 2.82. The topological polar surface area (TPSA) is 38.9 Å². The van der Waals surface area contributed by atoms with Crippen molar-refractivity contribution in [2.45, 2.75) is 51.5 Å². The second kappa shape index (κ2) is 5.78. The first-order valence-electron chi connectivity index (χ1n) is 6.43. The first kappa shape index (κ1) is 12.1. The van der Waals surface area contributed by atoms with Crippen LogP contribution in [0.2, 0.25) is 0 Å². The minimum atomic E-state index is 0.320. The van der Waals surface area contributed by atoms with E-state index in [-0.39, 0.29) is 0 Å². The molecule has 1 aliphatic rings. The van der Waals surface area contributed by atoms with Gasteiger partial charge in [-0.15, -0.1) is 11.3 Å². The fourth-order valence-electron chi connectivity index (χ4n) is 2.81. The van der Waals surface area contributed by atoms with Crippen LogP contribution >= 0.6 is 11.3 Å². The van der Waals surface area contributed by atoms with Gasteiger partial charge in [0.25, 0.3) is 0 Å². The summed E-state index contributed by atoms with van der Waals surface area (Å²) < 4.78 is 0. The zero-order valence-electron chi connectivity index (χ0n) is 10.1. The minimum absolute atomic E-state index is 0.320. The van der Waals surface area contributed by atoms with Gasteiger partial charge >= 0.3 is 0 Å². The molecule has 0 radical (unpaired) electrons. The van der Waals surface area contributed by atoms with E-state index in [9.17, 15) is 0 Å². The van der Waals surface area contributed by atoms with Gasteiger partial charge in [0.15, 0.2) is 0 Å². The van der Waals surface area contributed by atoms with Crippen LogP contribution in [0.25, 0.3) is 0 Å². The summed E-state index contributed by atoms with van der Waals surface area (Å²) in [6.07, 6.45) is 9.61. The summed E-state index contributed by atoms with van der Waals surface area (Å²) in [7, 11) is 0. The van der Waals surface area contributed by atoms with E-state index in [0.29, 0.717) is 6.04 Å². The molecule has 1 aromatic heterocycles. The van der Waals surface area contributed by atoms with Gasteiger partial charge < -0.3 is 5.73 Å². The van der Waals surface area contributed by atoms with Crippen LogP contribution in [0.5, 0.6) is 0 Å². The monoisotopic (exact) mass is 238 g/mol. The molecule has 0 aliphatic heterocycles. The molecule has 0 aromatic carbocycles. The lowest BCUT2D eigenvalue weighted by Gasteiger charge is -2.32. The SMILES string of the molecule is CCC1CCCC(C(N)Cc2nccs2)C1. The van der Waals surface area contributed by atoms with E-state index in [1.54, 1.807) is 11.3 Å². The summed E-state index contributed by atoms with van der Waals surface area (Å²) in [5, 5.41) is 3.24. The summed E-state index contributed by atoms with van der Waals surface area (Å²) in [5.74, 6) is 1.64. The van der Waals surface area contributed by atoms with Crippen molar-refractivity contribution in [2.75, 3.05) is 0 Å². The predicted octanol–water partition coefficient (Wildman–Crippen LogP) is 3.23. The quantitative estimate of drug-likeness (QED) is 0.874. The third kappa shape index (κ3) is 3.05. The Bertz CT molecular complexity index is 297. The Hall–Kier alpha value is -0.410. The average molecular weight is 238 g/mol. The van der Waals surface area contributed by atoms with E-state index in [0.717, 1.165) is 18.3 Å². The van der Waals surface area contributed by atoms with Crippen molar-refractivity contribution in [3.63, 3.8) is 0 Å². The molecule has 0 saturated heterocycles. The van der Waals surface area contributed by atoms with Crippen LogP contribution < -0.4 is 5.73 Å². The predicted molar refractivity (Wildman–Crippen MR) is 69.5 cm³/mol. The van der Waals surface area contributed by atoms with Gasteiger partial charge in [0, 0.05) is 24.0 Å². The molecule has 2 nitrogen and oxygen atoms in total. The van der Waals surface area contributed by atoms with Crippen molar-refractivity contribution in [3.05, 3.63) is 16.6 Å². The summed E-state index contributed by atoms with van der Waals surface area (Å²) in [5.41, 5.74) is 6.32. The molecule has 90 valence electrons. The highest BCUT2D eigenvalue weighted by Crippen LogP contribution is 2.33. The number of hydrogen-bond acceptors (Lipinski definition) is 3. The molecule has 1 heterocycles. The lowest BCUT2D eigenvalue weighted by molar-refractivity contribution is 0.228. The van der Waals surface area contributed by atoms with Gasteiger partial charge in [0.05, 0.1) is 5.01 Å². The Kier molecular flexibility index (Phi) is 4.36. The fourth-order valence-corrected chi connectivity index (χ4v) is 3.50. The van der Waals surface area contributed by atoms with Crippen molar-refractivity contribution >= 4 is 11.3 Å². The van der Waals surface area contributed by atoms with Crippen LogP contribution in [0.1, 0.15) is 44.0 Å². The normalized spacial score (nSPS) is 27.9. The molecular weight excluding hydrogens is 216 g/mol. The largest absolute Gasteiger partial charge is 0.327 e. The van der Waals surface area contributed by atoms with Crippen LogP contribution in [-0.2, 0) is 6.42 Å². The van der Waals surface area contributed by atoms with E-state index >= 15 is 0 Å². The summed E-state index contributed by atoms with van der Waals surface area (Å²) in [6, 6.07) is 0.320. The van der Waals surface area contributed by atoms with Gasteiger partial charge in [-0.1, -0.05) is 26.2 Å². The molecule has 2 rings (SSSR count). The molecule has 1 aromatic rings. The Balaban J connectivity index is 1.86. The molecule has 0 spiro atoms. The molecule has 1 fully saturated rings. The minimum Gasteiger partial charge on any atom is -0.327 e. The van der Waals surface area contributed by atoms with E-state index in [1.807, 2.05) is 11.6 Å². The Morgan fingerprint density at radius 3 is 3.12 bits per heavy atom. The molecule has 1 saturated carbocycles. The second-order valence-electron chi connectivity index (χ2n) is 4.99. The van der Waals surface area contributed by atoms with Crippen molar-refractivity contribution in [1.29, 1.82) is 0 Å². The maximum atomic E-state index is 6.32. The Morgan fingerprint density at radius 2 is 2.44 bits per heavy atom. The Labute approximate surface area is 102 Å². The molecule has 0 amide bonds. The molecule has 3 atom stereocenters. The molecule has 16 heavy (non-hydrogen) atoms. The van der Waals surface area contributed by atoms with Crippen LogP contribution in [0.15, 0.2) is 11.6 Å². The zero-order valence-corrected chi connectivity index (χ0v) is 10.9. The molecule has 3 unspecified atom stereocenters. The lowest BCUT2D eigenvalue weighted by atomic mass is 9.76. The van der Waals surface area contributed by atoms with Gasteiger partial charge in [-0.3, -0.25) is 0 Å². The number of thiazole rings is 1. The number of nitrogens with zero attached hydrogens (tertiary/aromatic N) is 1. The van der Waals surface area contributed by atoms with Crippen LogP contribution in [0.4, 0.5) is 0 Å². The highest BCUT2D eigenvalue weighted by molar-refractivity contribution is 7.09. The number of aromatic nitrogens is 1. The van der Waals surface area contributed by atoms with Crippen LogP contribution in [0.3, 0.4) is 0 Å². The van der Waals surface area contributed by atoms with Gasteiger partial charge in [-0.2, -0.15) is 0 Å². The molecular formula is C13H22N2S. The highest BCUT2D eigenvalue weighted by Gasteiger charge is 2.25. The van der Waals surface area contributed by atoms with E-state index in [4.69, 9.17) is 5.73 Å². The molecule has 0 bridgehead atoms. The summed E-state index contributed by atoms with van der Waals surface area (Å²) in [6.45, 7) is 2.30. The first-order chi connectivity index (χ1) is 7.79. The summed E-state index contributed by atoms with van der Waals surface area (Å²) >= 11 is 1.73. The van der Waals surface area contributed by atoms with Crippen molar-refractivity contribution in [3.8, 4) is 0 Å². The first-order valence-corrected chi connectivity index (χ1v) is 7.31. The maximum Gasteiger partial charge on any atom is 0.0940 e. The number of rotatable bonds is 4. The molecule has 2 N–H and O–H groups in total. The van der Waals surface area contributed by atoms with Crippen molar-refractivity contribution in [2.24, 2.45) is 17.6 Å². The third-order valence-electron chi connectivity index (χ3n) is 3.90. The van der Waals surface area contributed by atoms with Gasteiger partial charge in [-0.05, 0) is 24.7 Å². The summed E-state index contributed by atoms with van der Waals surface area (Å²) in [4.78, 5) is 4.33. The van der Waals surface area contributed by atoms with Gasteiger partial charge in [0.2, 0.25) is 0 Å². The lowest BCUT2D eigenvalue weighted by Crippen LogP contribution is -2.35. The second-order valence-corrected chi connectivity index (χ2v) is 5.97. The van der Waals surface area contributed by atoms with Crippen molar-refractivity contribution in [1.82, 2.24) is 4.98 Å². The van der Waals surface area contributed by atoms with E-state index in [2.05, 4.69) is 11.9 Å². The maximum absolute atomic E-state index is 6.32. The molecule has 1 aliphatic carbocycles. The van der Waals surface area contributed by atoms with Crippen LogP contribution in [0, 0.1) is 11.8 Å². The third-order valence-corrected chi connectivity index (χ3v) is 4.70.